The average molecular weight is 467 g/mol. The van der Waals surface area contributed by atoms with Crippen molar-refractivity contribution in [3.63, 3.8) is 0 Å². The predicted octanol–water partition coefficient (Wildman–Crippen LogP) is 4.68. The third-order valence-electron chi connectivity index (χ3n) is 5.00. The number of rotatable bonds is 8. The molecule has 1 aromatic heterocycles. The lowest BCUT2D eigenvalue weighted by atomic mass is 10.1. The van der Waals surface area contributed by atoms with Gasteiger partial charge in [-0.25, -0.2) is 8.42 Å². The number of methoxy groups -OCH3 is 1. The molecule has 0 atom stereocenters. The van der Waals surface area contributed by atoms with Crippen LogP contribution in [0.15, 0.2) is 83.1 Å². The number of nitrogens with one attached hydrogen (secondary N) is 2. The summed E-state index contributed by atoms with van der Waals surface area (Å²) in [5, 5.41) is 6.18. The Morgan fingerprint density at radius 3 is 2.62 bits per heavy atom. The standard InChI is InChI=1S/C24H22N2O4S2/c1-30-22-11-4-3-10-21(22)26-32(28,29)19-8-6-7-17(15-19)24(27)25-14-13-18-16-31-23-12-5-2-9-20(18)23/h2-12,15-16,26H,13-14H2,1H3,(H,25,27). The Hall–Kier alpha value is -3.36. The second-order valence-corrected chi connectivity index (χ2v) is 9.69. The maximum atomic E-state index is 12.8. The van der Waals surface area contributed by atoms with E-state index >= 15 is 0 Å². The van der Waals surface area contributed by atoms with E-state index in [4.69, 9.17) is 4.74 Å². The Balaban J connectivity index is 1.44. The van der Waals surface area contributed by atoms with Crippen LogP contribution in [0.2, 0.25) is 0 Å². The number of amides is 1. The van der Waals surface area contributed by atoms with Crippen molar-refractivity contribution in [3.8, 4) is 5.75 Å². The summed E-state index contributed by atoms with van der Waals surface area (Å²) in [4.78, 5) is 12.6. The Morgan fingerprint density at radius 2 is 1.78 bits per heavy atom. The molecule has 4 aromatic rings. The lowest BCUT2D eigenvalue weighted by Crippen LogP contribution is -2.26. The molecule has 6 nitrogen and oxygen atoms in total. The fourth-order valence-electron chi connectivity index (χ4n) is 3.38. The van der Waals surface area contributed by atoms with Crippen LogP contribution in [0.1, 0.15) is 15.9 Å². The number of hydrogen-bond acceptors (Lipinski definition) is 5. The highest BCUT2D eigenvalue weighted by Crippen LogP contribution is 2.27. The molecule has 0 bridgehead atoms. The topological polar surface area (TPSA) is 84.5 Å². The molecule has 1 amide bonds. The van der Waals surface area contributed by atoms with Crippen LogP contribution in [-0.4, -0.2) is 28.0 Å². The van der Waals surface area contributed by atoms with E-state index in [1.54, 1.807) is 47.7 Å². The van der Waals surface area contributed by atoms with Crippen molar-refractivity contribution >= 4 is 43.0 Å². The van der Waals surface area contributed by atoms with Crippen molar-refractivity contribution in [2.45, 2.75) is 11.3 Å². The molecule has 2 N–H and O–H groups in total. The minimum atomic E-state index is -3.89. The molecule has 3 aromatic carbocycles. The van der Waals surface area contributed by atoms with Crippen molar-refractivity contribution in [3.05, 3.63) is 89.3 Å². The molecule has 0 unspecified atom stereocenters. The summed E-state index contributed by atoms with van der Waals surface area (Å²) < 4.78 is 34.6. The van der Waals surface area contributed by atoms with Crippen molar-refractivity contribution in [2.75, 3.05) is 18.4 Å². The lowest BCUT2D eigenvalue weighted by Gasteiger charge is -2.12. The first kappa shape index (κ1) is 21.9. The summed E-state index contributed by atoms with van der Waals surface area (Å²) in [5.74, 6) is 0.0878. The number of benzene rings is 3. The Bertz CT molecular complexity index is 1360. The fourth-order valence-corrected chi connectivity index (χ4v) is 5.49. The van der Waals surface area contributed by atoms with Gasteiger partial charge in [-0.05, 0) is 59.1 Å². The van der Waals surface area contributed by atoms with Crippen molar-refractivity contribution < 1.29 is 17.9 Å². The first-order chi connectivity index (χ1) is 15.5. The van der Waals surface area contributed by atoms with Crippen LogP contribution in [0.25, 0.3) is 10.1 Å². The third-order valence-corrected chi connectivity index (χ3v) is 7.37. The van der Waals surface area contributed by atoms with E-state index in [9.17, 15) is 13.2 Å². The van der Waals surface area contributed by atoms with Gasteiger partial charge in [0.15, 0.2) is 0 Å². The number of para-hydroxylation sites is 2. The van der Waals surface area contributed by atoms with Gasteiger partial charge in [0.1, 0.15) is 5.75 Å². The summed E-state index contributed by atoms with van der Waals surface area (Å²) in [6.07, 6.45) is 0.698. The van der Waals surface area contributed by atoms with Crippen LogP contribution < -0.4 is 14.8 Å². The van der Waals surface area contributed by atoms with E-state index in [2.05, 4.69) is 27.6 Å². The summed E-state index contributed by atoms with van der Waals surface area (Å²) in [5.41, 5.74) is 1.79. The molecular formula is C24H22N2O4S2. The molecule has 0 fully saturated rings. The number of fused-ring (bicyclic) bond motifs is 1. The molecule has 0 aliphatic rings. The molecule has 164 valence electrons. The van der Waals surface area contributed by atoms with Gasteiger partial charge >= 0.3 is 0 Å². The van der Waals surface area contributed by atoms with Crippen molar-refractivity contribution in [1.82, 2.24) is 5.32 Å². The molecule has 0 aliphatic carbocycles. The SMILES string of the molecule is COc1ccccc1NS(=O)(=O)c1cccc(C(=O)NCCc2csc3ccccc23)c1. The van der Waals surface area contributed by atoms with Gasteiger partial charge in [-0.15, -0.1) is 11.3 Å². The maximum absolute atomic E-state index is 12.8. The minimum absolute atomic E-state index is 0.000107. The van der Waals surface area contributed by atoms with Gasteiger partial charge in [-0.3, -0.25) is 9.52 Å². The molecule has 0 aliphatic heterocycles. The molecule has 0 radical (unpaired) electrons. The predicted molar refractivity (Wildman–Crippen MR) is 128 cm³/mol. The Labute approximate surface area is 190 Å². The number of carbonyl (C=O) groups excluding carboxylic acids is 1. The maximum Gasteiger partial charge on any atom is 0.262 e. The average Bonchev–Trinajstić information content (AvgIpc) is 3.22. The highest BCUT2D eigenvalue weighted by atomic mass is 32.2. The van der Waals surface area contributed by atoms with Gasteiger partial charge in [-0.2, -0.15) is 0 Å². The lowest BCUT2D eigenvalue weighted by molar-refractivity contribution is 0.0954. The molecule has 0 spiro atoms. The van der Waals surface area contributed by atoms with Gasteiger partial charge in [0.05, 0.1) is 17.7 Å². The van der Waals surface area contributed by atoms with Gasteiger partial charge in [0, 0.05) is 16.8 Å². The molecule has 32 heavy (non-hydrogen) atoms. The zero-order valence-corrected chi connectivity index (χ0v) is 19.0. The number of thiophene rings is 1. The van der Waals surface area contributed by atoms with Crippen molar-refractivity contribution in [2.24, 2.45) is 0 Å². The van der Waals surface area contributed by atoms with E-state index in [1.807, 2.05) is 12.1 Å². The highest BCUT2D eigenvalue weighted by molar-refractivity contribution is 7.92. The van der Waals surface area contributed by atoms with Gasteiger partial charge in [-0.1, -0.05) is 36.4 Å². The van der Waals surface area contributed by atoms with Crippen LogP contribution in [0.4, 0.5) is 5.69 Å². The molecular weight excluding hydrogens is 444 g/mol. The van der Waals surface area contributed by atoms with E-state index in [0.29, 0.717) is 24.4 Å². The monoisotopic (exact) mass is 466 g/mol. The molecule has 8 heteroatoms. The highest BCUT2D eigenvalue weighted by Gasteiger charge is 2.18. The minimum Gasteiger partial charge on any atom is -0.495 e. The fraction of sp³-hybridized carbons (Fsp3) is 0.125. The second kappa shape index (κ2) is 9.42. The van der Waals surface area contributed by atoms with E-state index in [1.165, 1.54) is 34.9 Å². The number of sulfonamides is 1. The van der Waals surface area contributed by atoms with Crippen LogP contribution in [0.3, 0.4) is 0 Å². The summed E-state index contributed by atoms with van der Waals surface area (Å²) in [6, 6.07) is 20.9. The van der Waals surface area contributed by atoms with E-state index in [-0.39, 0.29) is 16.4 Å². The Morgan fingerprint density at radius 1 is 1.00 bits per heavy atom. The zero-order chi connectivity index (χ0) is 22.6. The van der Waals surface area contributed by atoms with E-state index < -0.39 is 10.0 Å². The normalized spacial score (nSPS) is 11.3. The second-order valence-electron chi connectivity index (χ2n) is 7.10. The number of carbonyl (C=O) groups is 1. The summed E-state index contributed by atoms with van der Waals surface area (Å²) >= 11 is 1.68. The smallest absolute Gasteiger partial charge is 0.262 e. The molecule has 0 saturated carbocycles. The number of anilines is 1. The van der Waals surface area contributed by atoms with Crippen LogP contribution in [-0.2, 0) is 16.4 Å². The Kier molecular flexibility index (Phi) is 6.43. The van der Waals surface area contributed by atoms with Gasteiger partial charge in [0.25, 0.3) is 15.9 Å². The first-order valence-corrected chi connectivity index (χ1v) is 12.3. The summed E-state index contributed by atoms with van der Waals surface area (Å²) in [6.45, 7) is 0.454. The molecule has 0 saturated heterocycles. The largest absolute Gasteiger partial charge is 0.495 e. The van der Waals surface area contributed by atoms with Crippen molar-refractivity contribution in [1.29, 1.82) is 0 Å². The summed E-state index contributed by atoms with van der Waals surface area (Å²) in [7, 11) is -2.42. The van der Waals surface area contributed by atoms with Gasteiger partial charge < -0.3 is 10.1 Å². The van der Waals surface area contributed by atoms with Crippen LogP contribution >= 0.6 is 11.3 Å². The quantitative estimate of drug-likeness (QED) is 0.395. The van der Waals surface area contributed by atoms with Crippen LogP contribution in [0.5, 0.6) is 5.75 Å². The first-order valence-electron chi connectivity index (χ1n) is 9.97. The van der Waals surface area contributed by atoms with Crippen LogP contribution in [0, 0.1) is 0 Å². The molecule has 4 rings (SSSR count). The number of ether oxygens (including phenoxy) is 1. The van der Waals surface area contributed by atoms with E-state index in [0.717, 1.165) is 0 Å². The zero-order valence-electron chi connectivity index (χ0n) is 17.4. The molecule has 1 heterocycles. The third kappa shape index (κ3) is 4.76. The van der Waals surface area contributed by atoms with Gasteiger partial charge in [0.2, 0.25) is 0 Å². The number of hydrogen-bond donors (Lipinski definition) is 2.